The molecule has 0 aliphatic heterocycles. The van der Waals surface area contributed by atoms with Crippen molar-refractivity contribution in [3.05, 3.63) is 54.4 Å². The van der Waals surface area contributed by atoms with Crippen LogP contribution in [0.15, 0.2) is 53.5 Å². The van der Waals surface area contributed by atoms with Gasteiger partial charge in [-0.1, -0.05) is 24.3 Å². The molecule has 4 aromatic rings. The van der Waals surface area contributed by atoms with Gasteiger partial charge in [-0.3, -0.25) is 0 Å². The summed E-state index contributed by atoms with van der Waals surface area (Å²) in [5.41, 5.74) is 4.14. The molecule has 0 saturated heterocycles. The molecule has 0 N–H and O–H groups in total. The molecule has 114 valence electrons. The molecule has 4 rings (SSSR count). The number of para-hydroxylation sites is 4. The normalized spacial score (nSPS) is 11.9. The first kappa shape index (κ1) is 13.7. The fraction of sp³-hybridized carbons (Fsp3) is 0.167. The molecule has 23 heavy (non-hydrogen) atoms. The average molecular weight is 303 g/mol. The van der Waals surface area contributed by atoms with Crippen LogP contribution in [0.4, 0.5) is 5.95 Å². The molecule has 0 fully saturated rings. The molecule has 5 nitrogen and oxygen atoms in total. The lowest BCUT2D eigenvalue weighted by atomic mass is 10.3. The highest BCUT2D eigenvalue weighted by Crippen LogP contribution is 2.20. The quantitative estimate of drug-likeness (QED) is 0.542. The number of nitrogens with zero attached hydrogens (tertiary/aromatic N) is 5. The average Bonchev–Trinajstić information content (AvgIpc) is 3.10. The molecule has 0 aliphatic carbocycles. The molecule has 0 amide bonds. The molecule has 0 spiro atoms. The molecule has 2 aromatic carbocycles. The van der Waals surface area contributed by atoms with Gasteiger partial charge >= 0.3 is 0 Å². The topological polar surface area (TPSA) is 48.0 Å². The summed E-state index contributed by atoms with van der Waals surface area (Å²) in [5, 5.41) is 0. The van der Waals surface area contributed by atoms with E-state index in [9.17, 15) is 0 Å². The molecule has 5 heteroatoms. The number of aliphatic imine (C=N–C) groups is 1. The minimum Gasteiger partial charge on any atom is -0.323 e. The van der Waals surface area contributed by atoms with Crippen molar-refractivity contribution in [3.8, 4) is 0 Å². The van der Waals surface area contributed by atoms with Gasteiger partial charge in [0.15, 0.2) is 5.82 Å². The molecular formula is C18H17N5. The third-order valence-electron chi connectivity index (χ3n) is 4.06. The maximum absolute atomic E-state index is 4.66. The molecule has 0 atom stereocenters. The van der Waals surface area contributed by atoms with E-state index in [-0.39, 0.29) is 0 Å². The van der Waals surface area contributed by atoms with Crippen LogP contribution in [0.2, 0.25) is 0 Å². The summed E-state index contributed by atoms with van der Waals surface area (Å²) in [6, 6.07) is 16.2. The Morgan fingerprint density at radius 1 is 0.957 bits per heavy atom. The first-order chi connectivity index (χ1) is 11.3. The van der Waals surface area contributed by atoms with Crippen molar-refractivity contribution < 1.29 is 0 Å². The maximum Gasteiger partial charge on any atom is 0.230 e. The fourth-order valence-electron chi connectivity index (χ4n) is 2.89. The summed E-state index contributed by atoms with van der Waals surface area (Å²) >= 11 is 0. The van der Waals surface area contributed by atoms with Gasteiger partial charge in [-0.2, -0.15) is 0 Å². The van der Waals surface area contributed by atoms with Crippen LogP contribution >= 0.6 is 0 Å². The third-order valence-corrected chi connectivity index (χ3v) is 4.06. The molecule has 0 radical (unpaired) electrons. The molecule has 2 aromatic heterocycles. The Morgan fingerprint density at radius 2 is 1.61 bits per heavy atom. The van der Waals surface area contributed by atoms with Crippen LogP contribution in [0, 0.1) is 0 Å². The summed E-state index contributed by atoms with van der Waals surface area (Å²) in [4.78, 5) is 13.8. The Kier molecular flexibility index (Phi) is 3.19. The van der Waals surface area contributed by atoms with E-state index < -0.39 is 0 Å². The van der Waals surface area contributed by atoms with Crippen LogP contribution in [0.3, 0.4) is 0 Å². The standard InChI is InChI=1S/C18H17N5/c1-3-23-16-11-7-5-9-14(16)20-17(23)12-19-18-21-13-8-4-6-10-15(13)22(18)2/h4-12H,3H2,1-2H3. The van der Waals surface area contributed by atoms with Crippen LogP contribution in [0.1, 0.15) is 12.7 Å². The van der Waals surface area contributed by atoms with E-state index in [0.29, 0.717) is 5.95 Å². The Morgan fingerprint density at radius 3 is 2.30 bits per heavy atom. The number of aryl methyl sites for hydroxylation is 2. The molecular weight excluding hydrogens is 286 g/mol. The van der Waals surface area contributed by atoms with E-state index in [1.54, 1.807) is 6.21 Å². The predicted octanol–water partition coefficient (Wildman–Crippen LogP) is 3.69. The minimum atomic E-state index is 0.681. The number of hydrogen-bond donors (Lipinski definition) is 0. The highest BCUT2D eigenvalue weighted by Gasteiger charge is 2.08. The van der Waals surface area contributed by atoms with Crippen molar-refractivity contribution in [1.82, 2.24) is 19.1 Å². The second kappa shape index (κ2) is 5.35. The second-order valence-electron chi connectivity index (χ2n) is 5.42. The van der Waals surface area contributed by atoms with Crippen molar-refractivity contribution in [2.45, 2.75) is 13.5 Å². The van der Waals surface area contributed by atoms with Gasteiger partial charge in [0.05, 0.1) is 28.3 Å². The van der Waals surface area contributed by atoms with Crippen molar-refractivity contribution in [2.75, 3.05) is 0 Å². The van der Waals surface area contributed by atoms with E-state index in [1.165, 1.54) is 0 Å². The van der Waals surface area contributed by atoms with E-state index in [1.807, 2.05) is 54.1 Å². The van der Waals surface area contributed by atoms with Crippen LogP contribution < -0.4 is 0 Å². The first-order valence-corrected chi connectivity index (χ1v) is 7.68. The summed E-state index contributed by atoms with van der Waals surface area (Å²) in [7, 11) is 1.98. The number of rotatable bonds is 3. The maximum atomic E-state index is 4.66. The number of imidazole rings is 2. The summed E-state index contributed by atoms with van der Waals surface area (Å²) < 4.78 is 4.15. The van der Waals surface area contributed by atoms with E-state index in [2.05, 4.69) is 32.5 Å². The number of benzene rings is 2. The molecule has 0 bridgehead atoms. The fourth-order valence-corrected chi connectivity index (χ4v) is 2.89. The number of hydrogen-bond acceptors (Lipinski definition) is 3. The van der Waals surface area contributed by atoms with Gasteiger partial charge < -0.3 is 9.13 Å². The molecule has 0 aliphatic rings. The lowest BCUT2D eigenvalue weighted by Gasteiger charge is -2.01. The molecule has 0 saturated carbocycles. The Labute approximate surface area is 133 Å². The van der Waals surface area contributed by atoms with Crippen molar-refractivity contribution in [3.63, 3.8) is 0 Å². The lowest BCUT2D eigenvalue weighted by Crippen LogP contribution is -2.00. The predicted molar refractivity (Wildman–Crippen MR) is 93.4 cm³/mol. The van der Waals surface area contributed by atoms with Gasteiger partial charge in [0, 0.05) is 13.6 Å². The zero-order chi connectivity index (χ0) is 15.8. The van der Waals surface area contributed by atoms with Crippen molar-refractivity contribution in [1.29, 1.82) is 0 Å². The van der Waals surface area contributed by atoms with Gasteiger partial charge in [0.2, 0.25) is 5.95 Å². The SMILES string of the molecule is CCn1c(C=Nc2nc3ccccc3n2C)nc2ccccc21. The largest absolute Gasteiger partial charge is 0.323 e. The second-order valence-corrected chi connectivity index (χ2v) is 5.42. The Bertz CT molecular complexity index is 1020. The monoisotopic (exact) mass is 303 g/mol. The Hall–Kier alpha value is -2.95. The van der Waals surface area contributed by atoms with Gasteiger partial charge in [0.1, 0.15) is 0 Å². The lowest BCUT2D eigenvalue weighted by molar-refractivity contribution is 0.780. The van der Waals surface area contributed by atoms with Crippen molar-refractivity contribution >= 4 is 34.2 Å². The third kappa shape index (κ3) is 2.21. The van der Waals surface area contributed by atoms with Gasteiger partial charge in [-0.15, -0.1) is 0 Å². The van der Waals surface area contributed by atoms with E-state index in [0.717, 1.165) is 34.4 Å². The van der Waals surface area contributed by atoms with Crippen LogP contribution in [0.25, 0.3) is 22.1 Å². The number of aromatic nitrogens is 4. The number of fused-ring (bicyclic) bond motifs is 2. The van der Waals surface area contributed by atoms with Gasteiger partial charge in [0.25, 0.3) is 0 Å². The molecule has 2 heterocycles. The van der Waals surface area contributed by atoms with Crippen LogP contribution in [0.5, 0.6) is 0 Å². The van der Waals surface area contributed by atoms with Gasteiger partial charge in [-0.05, 0) is 31.2 Å². The Balaban J connectivity index is 1.80. The summed E-state index contributed by atoms with van der Waals surface area (Å²) in [6.07, 6.45) is 1.80. The summed E-state index contributed by atoms with van der Waals surface area (Å²) in [6.45, 7) is 2.96. The smallest absolute Gasteiger partial charge is 0.230 e. The van der Waals surface area contributed by atoms with Gasteiger partial charge in [-0.25, -0.2) is 15.0 Å². The zero-order valence-corrected chi connectivity index (χ0v) is 13.1. The van der Waals surface area contributed by atoms with Crippen LogP contribution in [-0.2, 0) is 13.6 Å². The van der Waals surface area contributed by atoms with E-state index in [4.69, 9.17) is 0 Å². The minimum absolute atomic E-state index is 0.681. The summed E-state index contributed by atoms with van der Waals surface area (Å²) in [5.74, 6) is 1.53. The first-order valence-electron chi connectivity index (χ1n) is 7.68. The highest BCUT2D eigenvalue weighted by atomic mass is 15.2. The molecule has 0 unspecified atom stereocenters. The van der Waals surface area contributed by atoms with Crippen molar-refractivity contribution in [2.24, 2.45) is 12.0 Å². The van der Waals surface area contributed by atoms with E-state index >= 15 is 0 Å². The zero-order valence-electron chi connectivity index (χ0n) is 13.1. The van der Waals surface area contributed by atoms with Crippen LogP contribution in [-0.4, -0.2) is 25.3 Å². The highest BCUT2D eigenvalue weighted by molar-refractivity contribution is 5.86.